The van der Waals surface area contributed by atoms with E-state index in [-0.39, 0.29) is 6.61 Å². The Labute approximate surface area is 89.9 Å². The molecule has 0 radical (unpaired) electrons. The maximum atomic E-state index is 8.79. The van der Waals surface area contributed by atoms with E-state index in [1.807, 2.05) is 0 Å². The number of aliphatic hydroxyl groups excluding tert-OH is 1. The fourth-order valence-electron chi connectivity index (χ4n) is 2.11. The molecule has 0 aromatic carbocycles. The summed E-state index contributed by atoms with van der Waals surface area (Å²) in [6.45, 7) is 2.33. The molecular weight excluding hydrogens is 192 g/mol. The van der Waals surface area contributed by atoms with Crippen molar-refractivity contribution < 1.29 is 9.52 Å². The molecule has 0 saturated carbocycles. The highest BCUT2D eigenvalue weighted by Gasteiger charge is 2.22. The quantitative estimate of drug-likeness (QED) is 0.809. The van der Waals surface area contributed by atoms with E-state index >= 15 is 0 Å². The molecule has 1 aliphatic heterocycles. The molecule has 1 saturated heterocycles. The second kappa shape index (κ2) is 4.77. The first-order valence-corrected chi connectivity index (χ1v) is 5.53. The monoisotopic (exact) mass is 210 g/mol. The Kier molecular flexibility index (Phi) is 3.38. The third kappa shape index (κ3) is 2.58. The van der Waals surface area contributed by atoms with E-state index in [4.69, 9.17) is 9.52 Å². The van der Waals surface area contributed by atoms with Crippen molar-refractivity contribution in [1.29, 1.82) is 0 Å². The number of nitrogens with zero attached hydrogens (tertiary/aromatic N) is 2. The van der Waals surface area contributed by atoms with Gasteiger partial charge in [-0.05, 0) is 26.4 Å². The van der Waals surface area contributed by atoms with Crippen LogP contribution in [0.25, 0.3) is 0 Å². The largest absolute Gasteiger partial charge is 0.448 e. The van der Waals surface area contributed by atoms with Crippen LogP contribution in [0.2, 0.25) is 0 Å². The molecule has 1 aliphatic rings. The molecule has 1 fully saturated rings. The maximum absolute atomic E-state index is 8.79. The van der Waals surface area contributed by atoms with Gasteiger partial charge >= 0.3 is 0 Å². The van der Waals surface area contributed by atoms with Gasteiger partial charge in [0.2, 0.25) is 0 Å². The minimum atomic E-state index is 0.135. The zero-order chi connectivity index (χ0) is 10.7. The first kappa shape index (κ1) is 10.6. The molecule has 4 nitrogen and oxygen atoms in total. The van der Waals surface area contributed by atoms with Crippen LogP contribution in [0.1, 0.15) is 30.3 Å². The lowest BCUT2D eigenvalue weighted by molar-refractivity contribution is 0.230. The summed E-state index contributed by atoms with van der Waals surface area (Å²) < 4.78 is 5.46. The summed E-state index contributed by atoms with van der Waals surface area (Å²) in [5.41, 5.74) is 0.862. The average molecular weight is 210 g/mol. The van der Waals surface area contributed by atoms with E-state index in [1.165, 1.54) is 13.0 Å². The van der Waals surface area contributed by atoms with Gasteiger partial charge in [-0.15, -0.1) is 0 Å². The Hall–Kier alpha value is -0.870. The molecule has 1 aromatic rings. The minimum absolute atomic E-state index is 0.135. The Balaban J connectivity index is 2.01. The molecule has 1 N–H and O–H groups in total. The number of hydrogen-bond donors (Lipinski definition) is 1. The number of likely N-dealkylation sites (tertiary alicyclic amines) is 1. The van der Waals surface area contributed by atoms with Crippen molar-refractivity contribution in [2.24, 2.45) is 0 Å². The number of hydrogen-bond acceptors (Lipinski definition) is 4. The highest BCUT2D eigenvalue weighted by atomic mass is 16.3. The number of aromatic nitrogens is 1. The van der Waals surface area contributed by atoms with Crippen LogP contribution in [0.3, 0.4) is 0 Å². The molecule has 1 atom stereocenters. The van der Waals surface area contributed by atoms with E-state index in [1.54, 1.807) is 6.26 Å². The summed E-state index contributed by atoms with van der Waals surface area (Å²) in [6, 6.07) is 0. The lowest BCUT2D eigenvalue weighted by atomic mass is 9.98. The summed E-state index contributed by atoms with van der Waals surface area (Å²) >= 11 is 0. The molecule has 4 heteroatoms. The lowest BCUT2D eigenvalue weighted by Gasteiger charge is -2.27. The molecule has 0 amide bonds. The van der Waals surface area contributed by atoms with Crippen molar-refractivity contribution in [1.82, 2.24) is 9.88 Å². The molecule has 1 aromatic heterocycles. The van der Waals surface area contributed by atoms with Gasteiger partial charge in [-0.25, -0.2) is 4.98 Å². The molecule has 0 spiro atoms. The van der Waals surface area contributed by atoms with Crippen molar-refractivity contribution in [3.05, 3.63) is 17.8 Å². The zero-order valence-corrected chi connectivity index (χ0v) is 9.15. The molecule has 2 heterocycles. The third-order valence-corrected chi connectivity index (χ3v) is 2.91. The van der Waals surface area contributed by atoms with Gasteiger partial charge in [-0.2, -0.15) is 0 Å². The van der Waals surface area contributed by atoms with E-state index < -0.39 is 0 Å². The summed E-state index contributed by atoms with van der Waals surface area (Å²) in [6.07, 6.45) is 4.62. The van der Waals surface area contributed by atoms with Crippen LogP contribution in [-0.2, 0) is 6.42 Å². The van der Waals surface area contributed by atoms with Crippen LogP contribution >= 0.6 is 0 Å². The van der Waals surface area contributed by atoms with Crippen LogP contribution < -0.4 is 0 Å². The predicted molar refractivity (Wildman–Crippen MR) is 56.8 cm³/mol. The van der Waals surface area contributed by atoms with Crippen molar-refractivity contribution >= 4 is 0 Å². The fourth-order valence-corrected chi connectivity index (χ4v) is 2.11. The average Bonchev–Trinajstić information content (AvgIpc) is 2.67. The van der Waals surface area contributed by atoms with Gasteiger partial charge in [0.15, 0.2) is 5.89 Å². The van der Waals surface area contributed by atoms with Gasteiger partial charge in [0.25, 0.3) is 0 Å². The van der Waals surface area contributed by atoms with Crippen molar-refractivity contribution in [2.75, 3.05) is 26.7 Å². The van der Waals surface area contributed by atoms with Gasteiger partial charge in [0.1, 0.15) is 6.26 Å². The maximum Gasteiger partial charge on any atom is 0.198 e. The number of rotatable bonds is 3. The summed E-state index contributed by atoms with van der Waals surface area (Å²) in [5, 5.41) is 8.79. The highest BCUT2D eigenvalue weighted by molar-refractivity contribution is 5.02. The molecule has 2 rings (SSSR count). The summed E-state index contributed by atoms with van der Waals surface area (Å²) in [4.78, 5) is 6.71. The van der Waals surface area contributed by atoms with Crippen LogP contribution in [0.4, 0.5) is 0 Å². The van der Waals surface area contributed by atoms with Crippen LogP contribution in [0, 0.1) is 0 Å². The fraction of sp³-hybridized carbons (Fsp3) is 0.727. The van der Waals surface area contributed by atoms with E-state index in [2.05, 4.69) is 16.9 Å². The SMILES string of the molecule is CN1CCCC(c2nc(CCO)co2)C1. The Morgan fingerprint density at radius 2 is 2.53 bits per heavy atom. The minimum Gasteiger partial charge on any atom is -0.448 e. The zero-order valence-electron chi connectivity index (χ0n) is 9.15. The van der Waals surface area contributed by atoms with Gasteiger partial charge in [0.05, 0.1) is 5.69 Å². The second-order valence-corrected chi connectivity index (χ2v) is 4.25. The topological polar surface area (TPSA) is 49.5 Å². The molecule has 15 heavy (non-hydrogen) atoms. The summed E-state index contributed by atoms with van der Waals surface area (Å²) in [7, 11) is 2.13. The molecular formula is C11H18N2O2. The van der Waals surface area contributed by atoms with Crippen molar-refractivity contribution in [3.63, 3.8) is 0 Å². The van der Waals surface area contributed by atoms with E-state index in [0.29, 0.717) is 12.3 Å². The first-order valence-electron chi connectivity index (χ1n) is 5.53. The Morgan fingerprint density at radius 1 is 1.67 bits per heavy atom. The van der Waals surface area contributed by atoms with Gasteiger partial charge in [-0.1, -0.05) is 0 Å². The van der Waals surface area contributed by atoms with E-state index in [9.17, 15) is 0 Å². The van der Waals surface area contributed by atoms with Crippen LogP contribution in [0.15, 0.2) is 10.7 Å². The summed E-state index contributed by atoms with van der Waals surface area (Å²) in [5.74, 6) is 1.26. The van der Waals surface area contributed by atoms with Crippen LogP contribution in [-0.4, -0.2) is 41.7 Å². The van der Waals surface area contributed by atoms with Gasteiger partial charge in [0, 0.05) is 25.5 Å². The molecule has 0 bridgehead atoms. The molecule has 1 unspecified atom stereocenters. The van der Waals surface area contributed by atoms with E-state index in [0.717, 1.165) is 24.6 Å². The Bertz CT molecular complexity index is 311. The second-order valence-electron chi connectivity index (χ2n) is 4.25. The predicted octanol–water partition coefficient (Wildman–Crippen LogP) is 1.02. The smallest absolute Gasteiger partial charge is 0.198 e. The molecule has 0 aliphatic carbocycles. The normalized spacial score (nSPS) is 23.2. The highest BCUT2D eigenvalue weighted by Crippen LogP contribution is 2.25. The van der Waals surface area contributed by atoms with Gasteiger partial charge in [-0.3, -0.25) is 0 Å². The van der Waals surface area contributed by atoms with Gasteiger partial charge < -0.3 is 14.4 Å². The number of likely N-dealkylation sites (N-methyl/N-ethyl adjacent to an activating group) is 1. The van der Waals surface area contributed by atoms with Crippen LogP contribution in [0.5, 0.6) is 0 Å². The van der Waals surface area contributed by atoms with Crippen molar-refractivity contribution in [2.45, 2.75) is 25.2 Å². The Morgan fingerprint density at radius 3 is 3.27 bits per heavy atom. The number of piperidine rings is 1. The third-order valence-electron chi connectivity index (χ3n) is 2.91. The van der Waals surface area contributed by atoms with Crippen molar-refractivity contribution in [3.8, 4) is 0 Å². The lowest BCUT2D eigenvalue weighted by Crippen LogP contribution is -2.30. The molecule has 84 valence electrons. The standard InChI is InChI=1S/C11H18N2O2/c1-13-5-2-3-9(7-13)11-12-10(4-6-14)8-15-11/h8-9,14H,2-7H2,1H3. The number of oxazole rings is 1. The number of aliphatic hydroxyl groups is 1. The first-order chi connectivity index (χ1) is 7.29.